The zero-order valence-corrected chi connectivity index (χ0v) is 8.94. The first-order valence-electron chi connectivity index (χ1n) is 5.27. The SMILES string of the molecule is CCn1ccc2c(OCCN)cccc21. The molecule has 1 heterocycles. The zero-order chi connectivity index (χ0) is 10.7. The van der Waals surface area contributed by atoms with Crippen molar-refractivity contribution in [2.75, 3.05) is 13.2 Å². The molecule has 0 atom stereocenters. The van der Waals surface area contributed by atoms with Gasteiger partial charge in [-0.15, -0.1) is 0 Å². The topological polar surface area (TPSA) is 40.2 Å². The van der Waals surface area contributed by atoms with Crippen molar-refractivity contribution in [3.63, 3.8) is 0 Å². The van der Waals surface area contributed by atoms with Gasteiger partial charge in [-0.2, -0.15) is 0 Å². The average molecular weight is 204 g/mol. The summed E-state index contributed by atoms with van der Waals surface area (Å²) in [5.41, 5.74) is 6.64. The van der Waals surface area contributed by atoms with Gasteiger partial charge in [0.2, 0.25) is 0 Å². The highest BCUT2D eigenvalue weighted by Crippen LogP contribution is 2.26. The standard InChI is InChI=1S/C12H16N2O/c1-2-14-8-6-10-11(14)4-3-5-12(10)15-9-7-13/h3-6,8H,2,7,9,13H2,1H3. The van der Waals surface area contributed by atoms with E-state index in [9.17, 15) is 0 Å². The number of aryl methyl sites for hydroxylation is 1. The molecule has 0 saturated heterocycles. The maximum atomic E-state index is 5.59. The lowest BCUT2D eigenvalue weighted by Gasteiger charge is -2.06. The van der Waals surface area contributed by atoms with Gasteiger partial charge in [0.1, 0.15) is 12.4 Å². The third kappa shape index (κ3) is 1.83. The number of rotatable bonds is 4. The predicted molar refractivity (Wildman–Crippen MR) is 62.2 cm³/mol. The van der Waals surface area contributed by atoms with Gasteiger partial charge in [0.15, 0.2) is 0 Å². The number of nitrogens with two attached hydrogens (primary N) is 1. The number of hydrogen-bond donors (Lipinski definition) is 1. The highest BCUT2D eigenvalue weighted by molar-refractivity contribution is 5.86. The van der Waals surface area contributed by atoms with E-state index < -0.39 is 0 Å². The second-order valence-corrected chi connectivity index (χ2v) is 3.43. The number of benzene rings is 1. The van der Waals surface area contributed by atoms with E-state index in [1.807, 2.05) is 12.1 Å². The van der Waals surface area contributed by atoms with E-state index in [1.165, 1.54) is 5.52 Å². The molecule has 2 aromatic rings. The Kier molecular flexibility index (Phi) is 2.92. The highest BCUT2D eigenvalue weighted by Gasteiger charge is 2.04. The van der Waals surface area contributed by atoms with Gasteiger partial charge in [0.05, 0.1) is 5.52 Å². The second kappa shape index (κ2) is 4.36. The van der Waals surface area contributed by atoms with E-state index in [1.54, 1.807) is 0 Å². The van der Waals surface area contributed by atoms with Gasteiger partial charge in [-0.05, 0) is 25.1 Å². The van der Waals surface area contributed by atoms with Crippen LogP contribution in [-0.4, -0.2) is 17.7 Å². The van der Waals surface area contributed by atoms with E-state index in [4.69, 9.17) is 10.5 Å². The van der Waals surface area contributed by atoms with Gasteiger partial charge in [-0.1, -0.05) is 6.07 Å². The third-order valence-corrected chi connectivity index (χ3v) is 2.49. The first-order chi connectivity index (χ1) is 7.36. The molecular weight excluding hydrogens is 188 g/mol. The van der Waals surface area contributed by atoms with Crippen molar-refractivity contribution in [1.29, 1.82) is 0 Å². The Labute approximate surface area is 89.4 Å². The van der Waals surface area contributed by atoms with Crippen molar-refractivity contribution >= 4 is 10.9 Å². The van der Waals surface area contributed by atoms with Crippen molar-refractivity contribution in [2.24, 2.45) is 5.73 Å². The van der Waals surface area contributed by atoms with Gasteiger partial charge in [0.25, 0.3) is 0 Å². The molecule has 2 rings (SSSR count). The van der Waals surface area contributed by atoms with Crippen LogP contribution in [0.4, 0.5) is 0 Å². The predicted octanol–water partition coefficient (Wildman–Crippen LogP) is 2.00. The fraction of sp³-hybridized carbons (Fsp3) is 0.333. The summed E-state index contributed by atoms with van der Waals surface area (Å²) in [6.45, 7) is 4.22. The minimum atomic E-state index is 0.547. The number of fused-ring (bicyclic) bond motifs is 1. The van der Waals surface area contributed by atoms with E-state index >= 15 is 0 Å². The summed E-state index contributed by atoms with van der Waals surface area (Å²) in [5.74, 6) is 0.921. The molecule has 0 radical (unpaired) electrons. The number of hydrogen-bond acceptors (Lipinski definition) is 2. The molecule has 0 aliphatic heterocycles. The minimum absolute atomic E-state index is 0.547. The van der Waals surface area contributed by atoms with E-state index in [0.717, 1.165) is 17.7 Å². The van der Waals surface area contributed by atoms with Crippen molar-refractivity contribution in [3.05, 3.63) is 30.5 Å². The fourth-order valence-corrected chi connectivity index (χ4v) is 1.77. The average Bonchev–Trinajstić information content (AvgIpc) is 2.69. The summed E-state index contributed by atoms with van der Waals surface area (Å²) in [5, 5.41) is 1.16. The van der Waals surface area contributed by atoms with Gasteiger partial charge in [-0.25, -0.2) is 0 Å². The molecule has 0 fully saturated rings. The molecular formula is C12H16N2O. The molecule has 0 spiro atoms. The maximum Gasteiger partial charge on any atom is 0.128 e. The molecule has 15 heavy (non-hydrogen) atoms. The summed E-state index contributed by atoms with van der Waals surface area (Å²) in [6.07, 6.45) is 2.08. The van der Waals surface area contributed by atoms with Gasteiger partial charge >= 0.3 is 0 Å². The van der Waals surface area contributed by atoms with Crippen molar-refractivity contribution in [3.8, 4) is 5.75 Å². The van der Waals surface area contributed by atoms with Crippen LogP contribution in [0.5, 0.6) is 5.75 Å². The molecule has 2 N–H and O–H groups in total. The Morgan fingerprint density at radius 1 is 1.33 bits per heavy atom. The second-order valence-electron chi connectivity index (χ2n) is 3.43. The highest BCUT2D eigenvalue weighted by atomic mass is 16.5. The van der Waals surface area contributed by atoms with Crippen LogP contribution in [0, 0.1) is 0 Å². The molecule has 0 saturated carbocycles. The summed E-state index contributed by atoms with van der Waals surface area (Å²) >= 11 is 0. The molecule has 0 unspecified atom stereocenters. The van der Waals surface area contributed by atoms with Crippen LogP contribution in [0.15, 0.2) is 30.5 Å². The third-order valence-electron chi connectivity index (χ3n) is 2.49. The summed E-state index contributed by atoms with van der Waals surface area (Å²) in [6, 6.07) is 8.19. The largest absolute Gasteiger partial charge is 0.492 e. The Balaban J connectivity index is 2.42. The molecule has 0 aliphatic carbocycles. The summed E-state index contributed by atoms with van der Waals surface area (Å²) < 4.78 is 7.79. The van der Waals surface area contributed by atoms with Crippen LogP contribution >= 0.6 is 0 Å². The minimum Gasteiger partial charge on any atom is -0.492 e. The number of nitrogens with zero attached hydrogens (tertiary/aromatic N) is 1. The fourth-order valence-electron chi connectivity index (χ4n) is 1.77. The van der Waals surface area contributed by atoms with E-state index in [2.05, 4.69) is 29.8 Å². The van der Waals surface area contributed by atoms with Crippen LogP contribution in [0.3, 0.4) is 0 Å². The first kappa shape index (κ1) is 10.1. The van der Waals surface area contributed by atoms with Gasteiger partial charge in [0, 0.05) is 24.7 Å². The lowest BCUT2D eigenvalue weighted by molar-refractivity contribution is 0.332. The molecule has 1 aromatic carbocycles. The Bertz CT molecular complexity index is 448. The van der Waals surface area contributed by atoms with Crippen LogP contribution in [0.1, 0.15) is 6.92 Å². The Morgan fingerprint density at radius 3 is 2.93 bits per heavy atom. The van der Waals surface area contributed by atoms with Gasteiger partial charge < -0.3 is 15.0 Å². The van der Waals surface area contributed by atoms with Crippen LogP contribution in [0.25, 0.3) is 10.9 Å². The first-order valence-corrected chi connectivity index (χ1v) is 5.27. The number of ether oxygens (including phenoxy) is 1. The molecule has 0 amide bonds. The zero-order valence-electron chi connectivity index (χ0n) is 8.94. The molecule has 3 nitrogen and oxygen atoms in total. The van der Waals surface area contributed by atoms with Crippen LogP contribution in [0.2, 0.25) is 0 Å². The maximum absolute atomic E-state index is 5.59. The number of aromatic nitrogens is 1. The molecule has 3 heteroatoms. The Morgan fingerprint density at radius 2 is 2.20 bits per heavy atom. The smallest absolute Gasteiger partial charge is 0.128 e. The normalized spacial score (nSPS) is 10.8. The van der Waals surface area contributed by atoms with Crippen molar-refractivity contribution < 1.29 is 4.74 Å². The van der Waals surface area contributed by atoms with E-state index in [-0.39, 0.29) is 0 Å². The lowest BCUT2D eigenvalue weighted by Crippen LogP contribution is -2.10. The van der Waals surface area contributed by atoms with Crippen LogP contribution < -0.4 is 10.5 Å². The summed E-state index contributed by atoms with van der Waals surface area (Å²) in [7, 11) is 0. The monoisotopic (exact) mass is 204 g/mol. The Hall–Kier alpha value is -1.48. The molecule has 1 aromatic heterocycles. The quantitative estimate of drug-likeness (QED) is 0.827. The summed E-state index contributed by atoms with van der Waals surface area (Å²) in [4.78, 5) is 0. The van der Waals surface area contributed by atoms with Crippen LogP contribution in [-0.2, 0) is 6.54 Å². The van der Waals surface area contributed by atoms with E-state index in [0.29, 0.717) is 13.2 Å². The van der Waals surface area contributed by atoms with Crippen molar-refractivity contribution in [1.82, 2.24) is 4.57 Å². The van der Waals surface area contributed by atoms with Gasteiger partial charge in [-0.3, -0.25) is 0 Å². The lowest BCUT2D eigenvalue weighted by atomic mass is 10.2. The van der Waals surface area contributed by atoms with Crippen molar-refractivity contribution in [2.45, 2.75) is 13.5 Å². The molecule has 80 valence electrons. The molecule has 0 bridgehead atoms. The molecule has 0 aliphatic rings.